The molecule has 0 saturated heterocycles. The Balaban J connectivity index is 2.35. The van der Waals surface area contributed by atoms with Gasteiger partial charge in [-0.25, -0.2) is 0 Å². The lowest BCUT2D eigenvalue weighted by atomic mass is 9.80. The molecule has 0 aromatic rings. The molecule has 1 aliphatic carbocycles. The summed E-state index contributed by atoms with van der Waals surface area (Å²) in [6.45, 7) is 11.8. The molecule has 0 fully saturated rings. The van der Waals surface area contributed by atoms with Gasteiger partial charge in [-0.2, -0.15) is 0 Å². The van der Waals surface area contributed by atoms with Crippen LogP contribution >= 0.6 is 0 Å². The zero-order chi connectivity index (χ0) is 12.7. The topological polar surface area (TPSA) is 3.24 Å². The van der Waals surface area contributed by atoms with E-state index in [9.17, 15) is 0 Å². The first-order valence-corrected chi connectivity index (χ1v) is 6.89. The van der Waals surface area contributed by atoms with Crippen LogP contribution in [0, 0.1) is 11.8 Å². The van der Waals surface area contributed by atoms with E-state index in [4.69, 9.17) is 7.85 Å². The highest BCUT2D eigenvalue weighted by Gasteiger charge is 2.15. The van der Waals surface area contributed by atoms with Gasteiger partial charge in [0, 0.05) is 13.1 Å². The molecule has 0 bridgehead atoms. The summed E-state index contributed by atoms with van der Waals surface area (Å²) in [4.78, 5) is 2.53. The Morgan fingerprint density at radius 1 is 1.59 bits per heavy atom. The van der Waals surface area contributed by atoms with E-state index in [1.165, 1.54) is 25.9 Å². The zero-order valence-electron chi connectivity index (χ0n) is 11.5. The fourth-order valence-corrected chi connectivity index (χ4v) is 2.32. The highest BCUT2D eigenvalue weighted by Crippen LogP contribution is 2.22. The summed E-state index contributed by atoms with van der Waals surface area (Å²) >= 11 is 0. The predicted molar refractivity (Wildman–Crippen MR) is 77.3 cm³/mol. The molecule has 2 radical (unpaired) electrons. The van der Waals surface area contributed by atoms with Crippen molar-refractivity contribution in [1.82, 2.24) is 4.90 Å². The van der Waals surface area contributed by atoms with Gasteiger partial charge < -0.3 is 0 Å². The maximum absolute atomic E-state index is 5.82. The second-order valence-corrected chi connectivity index (χ2v) is 5.65. The Morgan fingerprint density at radius 3 is 2.88 bits per heavy atom. The van der Waals surface area contributed by atoms with Crippen LogP contribution in [-0.4, -0.2) is 32.4 Å². The van der Waals surface area contributed by atoms with Crippen molar-refractivity contribution >= 4 is 7.85 Å². The average molecular weight is 231 g/mol. The fourth-order valence-electron chi connectivity index (χ4n) is 2.32. The van der Waals surface area contributed by atoms with Gasteiger partial charge >= 0.3 is 0 Å². The standard InChI is InChI=1S/C15H26BN/c1-4-10-17(11-9-13(2)3)12-14-5-7-15(16)8-6-14/h4,7,13-14H,1,5-6,8-12H2,2-3H3. The van der Waals surface area contributed by atoms with Crippen molar-refractivity contribution in [3.8, 4) is 0 Å². The van der Waals surface area contributed by atoms with Gasteiger partial charge in [0.05, 0.1) is 0 Å². The van der Waals surface area contributed by atoms with Crippen molar-refractivity contribution in [3.63, 3.8) is 0 Å². The van der Waals surface area contributed by atoms with E-state index < -0.39 is 0 Å². The number of rotatable bonds is 7. The van der Waals surface area contributed by atoms with Crippen LogP contribution in [0.15, 0.2) is 24.2 Å². The van der Waals surface area contributed by atoms with Crippen LogP contribution in [0.3, 0.4) is 0 Å². The Bertz CT molecular complexity index is 258. The van der Waals surface area contributed by atoms with E-state index in [1.54, 1.807) is 0 Å². The largest absolute Gasteiger partial charge is 0.299 e. The summed E-state index contributed by atoms with van der Waals surface area (Å²) in [5.41, 5.74) is 1.08. The second kappa shape index (κ2) is 7.76. The zero-order valence-corrected chi connectivity index (χ0v) is 11.5. The highest BCUT2D eigenvalue weighted by molar-refractivity contribution is 6.21. The Kier molecular flexibility index (Phi) is 6.65. The lowest BCUT2D eigenvalue weighted by Crippen LogP contribution is -2.32. The van der Waals surface area contributed by atoms with Crippen LogP contribution in [0.5, 0.6) is 0 Å². The van der Waals surface area contributed by atoms with Crippen LogP contribution < -0.4 is 0 Å². The molecule has 0 N–H and O–H groups in total. The molecule has 2 heteroatoms. The lowest BCUT2D eigenvalue weighted by Gasteiger charge is -2.28. The Hall–Kier alpha value is -0.495. The molecule has 0 aliphatic heterocycles. The summed E-state index contributed by atoms with van der Waals surface area (Å²) in [5, 5.41) is 0. The maximum Gasteiger partial charge on any atom is 0.107 e. The van der Waals surface area contributed by atoms with Gasteiger partial charge in [-0.3, -0.25) is 4.90 Å². The third-order valence-corrected chi connectivity index (χ3v) is 3.48. The molecule has 1 atom stereocenters. The molecular formula is C15H26BN. The number of hydrogen-bond donors (Lipinski definition) is 0. The fraction of sp³-hybridized carbons (Fsp3) is 0.733. The first-order chi connectivity index (χ1) is 8.11. The minimum atomic E-state index is 0.782. The molecule has 1 aliphatic rings. The minimum absolute atomic E-state index is 0.782. The normalized spacial score (nSPS) is 20.7. The van der Waals surface area contributed by atoms with Crippen LogP contribution in [0.2, 0.25) is 0 Å². The molecule has 17 heavy (non-hydrogen) atoms. The van der Waals surface area contributed by atoms with Gasteiger partial charge in [0.15, 0.2) is 0 Å². The van der Waals surface area contributed by atoms with Crippen molar-refractivity contribution in [3.05, 3.63) is 24.2 Å². The molecule has 0 aromatic heterocycles. The molecular weight excluding hydrogens is 205 g/mol. The Morgan fingerprint density at radius 2 is 2.35 bits per heavy atom. The van der Waals surface area contributed by atoms with Crippen molar-refractivity contribution < 1.29 is 0 Å². The average Bonchev–Trinajstić information content (AvgIpc) is 2.29. The SMILES string of the molecule is [B]C1=CCC(CN(CC=C)CCC(C)C)CC1. The first kappa shape index (κ1) is 14.6. The lowest BCUT2D eigenvalue weighted by molar-refractivity contribution is 0.231. The number of nitrogens with zero attached hydrogens (tertiary/aromatic N) is 1. The van der Waals surface area contributed by atoms with Gasteiger partial charge in [0.25, 0.3) is 0 Å². The molecule has 0 heterocycles. The Labute approximate surface area is 108 Å². The number of allylic oxidation sites excluding steroid dienone is 2. The number of hydrogen-bond acceptors (Lipinski definition) is 1. The summed E-state index contributed by atoms with van der Waals surface area (Å²) in [6.07, 6.45) is 8.99. The van der Waals surface area contributed by atoms with E-state index >= 15 is 0 Å². The molecule has 0 spiro atoms. The van der Waals surface area contributed by atoms with Crippen molar-refractivity contribution in [2.45, 2.75) is 39.5 Å². The minimum Gasteiger partial charge on any atom is -0.299 e. The third-order valence-electron chi connectivity index (χ3n) is 3.48. The second-order valence-electron chi connectivity index (χ2n) is 5.65. The van der Waals surface area contributed by atoms with Gasteiger partial charge in [0.1, 0.15) is 7.85 Å². The summed E-state index contributed by atoms with van der Waals surface area (Å²) in [6, 6.07) is 0. The van der Waals surface area contributed by atoms with Crippen LogP contribution in [-0.2, 0) is 0 Å². The smallest absolute Gasteiger partial charge is 0.107 e. The van der Waals surface area contributed by atoms with Crippen LogP contribution in [0.1, 0.15) is 39.5 Å². The molecule has 0 saturated carbocycles. The molecule has 1 rings (SSSR count). The van der Waals surface area contributed by atoms with E-state index in [2.05, 4.69) is 31.4 Å². The molecule has 0 aromatic carbocycles. The van der Waals surface area contributed by atoms with Crippen molar-refractivity contribution in [2.75, 3.05) is 19.6 Å². The van der Waals surface area contributed by atoms with Gasteiger partial charge in [0.2, 0.25) is 0 Å². The van der Waals surface area contributed by atoms with Gasteiger partial charge in [-0.05, 0) is 44.1 Å². The van der Waals surface area contributed by atoms with Crippen molar-refractivity contribution in [2.24, 2.45) is 11.8 Å². The molecule has 94 valence electrons. The van der Waals surface area contributed by atoms with Crippen LogP contribution in [0.4, 0.5) is 0 Å². The predicted octanol–water partition coefficient (Wildman–Crippen LogP) is 3.37. The quantitative estimate of drug-likeness (QED) is 0.479. The van der Waals surface area contributed by atoms with E-state index in [0.717, 1.165) is 36.7 Å². The first-order valence-electron chi connectivity index (χ1n) is 6.89. The van der Waals surface area contributed by atoms with Crippen LogP contribution in [0.25, 0.3) is 0 Å². The van der Waals surface area contributed by atoms with Crippen molar-refractivity contribution in [1.29, 1.82) is 0 Å². The van der Waals surface area contributed by atoms with Gasteiger partial charge in [-0.1, -0.05) is 26.0 Å². The van der Waals surface area contributed by atoms with E-state index in [0.29, 0.717) is 0 Å². The third kappa shape index (κ3) is 6.11. The summed E-state index contributed by atoms with van der Waals surface area (Å²) in [5.74, 6) is 1.57. The molecule has 1 nitrogen and oxygen atoms in total. The summed E-state index contributed by atoms with van der Waals surface area (Å²) in [7, 11) is 5.82. The summed E-state index contributed by atoms with van der Waals surface area (Å²) < 4.78 is 0. The van der Waals surface area contributed by atoms with E-state index in [-0.39, 0.29) is 0 Å². The van der Waals surface area contributed by atoms with Gasteiger partial charge in [-0.15, -0.1) is 12.1 Å². The molecule has 0 amide bonds. The molecule has 1 unspecified atom stereocenters. The monoisotopic (exact) mass is 231 g/mol. The maximum atomic E-state index is 5.82. The van der Waals surface area contributed by atoms with E-state index in [1.807, 2.05) is 6.08 Å². The highest BCUT2D eigenvalue weighted by atomic mass is 15.1.